The van der Waals surface area contributed by atoms with Crippen molar-refractivity contribution in [2.75, 3.05) is 32.1 Å². The Hall–Kier alpha value is -4.37. The van der Waals surface area contributed by atoms with E-state index in [9.17, 15) is 9.59 Å². The molecule has 0 fully saturated rings. The van der Waals surface area contributed by atoms with Crippen LogP contribution in [0.4, 0.5) is 17.2 Å². The van der Waals surface area contributed by atoms with Crippen molar-refractivity contribution >= 4 is 34.8 Å². The van der Waals surface area contributed by atoms with Crippen LogP contribution in [0.5, 0.6) is 0 Å². The summed E-state index contributed by atoms with van der Waals surface area (Å²) in [7, 11) is 4.20. The van der Waals surface area contributed by atoms with Crippen molar-refractivity contribution in [1.29, 1.82) is 0 Å². The van der Waals surface area contributed by atoms with Gasteiger partial charge in [-0.2, -0.15) is 0 Å². The average molecular weight is 474 g/mol. The number of fused-ring (bicyclic) bond motifs is 2. The van der Waals surface area contributed by atoms with Gasteiger partial charge >= 0.3 is 11.9 Å². The maximum Gasteiger partial charge on any atom is 0.328 e. The van der Waals surface area contributed by atoms with E-state index in [4.69, 9.17) is 15.2 Å². The topological polar surface area (TPSA) is 119 Å². The normalized spacial score (nSPS) is 12.2. The Morgan fingerprint density at radius 3 is 2.26 bits per heavy atom. The number of aliphatic carboxylic acids is 2. The van der Waals surface area contributed by atoms with Crippen LogP contribution in [0.1, 0.15) is 17.7 Å². The minimum absolute atomic E-state index is 0.558. The first-order valence-corrected chi connectivity index (χ1v) is 11.0. The van der Waals surface area contributed by atoms with E-state index in [-0.39, 0.29) is 0 Å². The number of pyridine rings is 2. The summed E-state index contributed by atoms with van der Waals surface area (Å²) in [4.78, 5) is 37.8. The molecule has 0 radical (unpaired) electrons. The molecule has 3 aromatic rings. The van der Waals surface area contributed by atoms with E-state index < -0.39 is 11.9 Å². The summed E-state index contributed by atoms with van der Waals surface area (Å²) < 4.78 is 0. The molecule has 0 bridgehead atoms. The second kappa shape index (κ2) is 12.2. The maximum absolute atomic E-state index is 9.55. The van der Waals surface area contributed by atoms with E-state index in [1.807, 2.05) is 42.7 Å². The zero-order chi connectivity index (χ0) is 25.2. The lowest BCUT2D eigenvalue weighted by molar-refractivity contribution is -0.134. The predicted molar refractivity (Wildman–Crippen MR) is 135 cm³/mol. The monoisotopic (exact) mass is 473 g/mol. The molecule has 9 heteroatoms. The van der Waals surface area contributed by atoms with Crippen LogP contribution < -0.4 is 4.90 Å². The standard InChI is InChI=1S/C22H23N5.C4H4O4/c1-26(2)15-8-16-27-20-12-4-3-9-17(20)21(18-10-5-6-13-23-18)25-19-11-7-14-24-22(19)27;5-3(6)1-2-4(7)8/h3-7,9-14H,8,15-16H2,1-2H3;1-2H,(H,5,6)(H,7,8). The molecule has 0 aliphatic carbocycles. The molecular formula is C26H27N5O4. The number of aliphatic imine (C=N–C) groups is 1. The third-order valence-corrected chi connectivity index (χ3v) is 4.97. The number of nitrogens with zero attached hydrogens (tertiary/aromatic N) is 5. The summed E-state index contributed by atoms with van der Waals surface area (Å²) in [6.07, 6.45) is 5.80. The number of carboxylic acids is 2. The summed E-state index contributed by atoms with van der Waals surface area (Å²) in [6, 6.07) is 18.3. The highest BCUT2D eigenvalue weighted by molar-refractivity contribution is 6.17. The van der Waals surface area contributed by atoms with Crippen molar-refractivity contribution in [2.24, 2.45) is 4.99 Å². The quantitative estimate of drug-likeness (QED) is 0.498. The van der Waals surface area contributed by atoms with E-state index in [0.29, 0.717) is 12.2 Å². The molecule has 3 heterocycles. The van der Waals surface area contributed by atoms with Crippen LogP contribution in [-0.4, -0.2) is 69.9 Å². The number of hydrogen-bond donors (Lipinski definition) is 2. The van der Waals surface area contributed by atoms with Crippen LogP contribution in [0.2, 0.25) is 0 Å². The van der Waals surface area contributed by atoms with Gasteiger partial charge in [0.25, 0.3) is 0 Å². The smallest absolute Gasteiger partial charge is 0.328 e. The van der Waals surface area contributed by atoms with Crippen LogP contribution in [0.25, 0.3) is 0 Å². The van der Waals surface area contributed by atoms with Gasteiger partial charge in [-0.1, -0.05) is 24.3 Å². The van der Waals surface area contributed by atoms with Crippen LogP contribution in [0.3, 0.4) is 0 Å². The van der Waals surface area contributed by atoms with Crippen LogP contribution in [0.15, 0.2) is 84.1 Å². The number of hydrogen-bond acceptors (Lipinski definition) is 7. The van der Waals surface area contributed by atoms with Gasteiger partial charge in [-0.05, 0) is 57.4 Å². The van der Waals surface area contributed by atoms with Crippen molar-refractivity contribution in [3.05, 3.63) is 90.4 Å². The Bertz CT molecular complexity index is 1210. The molecule has 0 atom stereocenters. The Morgan fingerprint density at radius 1 is 0.914 bits per heavy atom. The molecule has 35 heavy (non-hydrogen) atoms. The van der Waals surface area contributed by atoms with Gasteiger partial charge in [0.2, 0.25) is 0 Å². The summed E-state index contributed by atoms with van der Waals surface area (Å²) in [5.41, 5.74) is 4.84. The fourth-order valence-corrected chi connectivity index (χ4v) is 3.50. The molecule has 0 saturated heterocycles. The molecule has 9 nitrogen and oxygen atoms in total. The van der Waals surface area contributed by atoms with Crippen molar-refractivity contribution < 1.29 is 19.8 Å². The molecular weight excluding hydrogens is 446 g/mol. The highest BCUT2D eigenvalue weighted by Gasteiger charge is 2.24. The van der Waals surface area contributed by atoms with Gasteiger partial charge in [0.15, 0.2) is 5.82 Å². The second-order valence-electron chi connectivity index (χ2n) is 7.86. The molecule has 0 saturated carbocycles. The molecule has 180 valence electrons. The number of benzene rings is 1. The van der Waals surface area contributed by atoms with Gasteiger partial charge in [-0.25, -0.2) is 19.6 Å². The van der Waals surface area contributed by atoms with E-state index in [1.54, 1.807) is 0 Å². The Labute approximate surface area is 203 Å². The van der Waals surface area contributed by atoms with E-state index >= 15 is 0 Å². The lowest BCUT2D eigenvalue weighted by atomic mass is 10.0. The Kier molecular flexibility index (Phi) is 8.80. The lowest BCUT2D eigenvalue weighted by Crippen LogP contribution is -2.24. The number of anilines is 2. The molecule has 0 amide bonds. The van der Waals surface area contributed by atoms with Gasteiger partial charge < -0.3 is 20.0 Å². The Morgan fingerprint density at radius 2 is 1.60 bits per heavy atom. The summed E-state index contributed by atoms with van der Waals surface area (Å²) in [5.74, 6) is -1.62. The number of rotatable bonds is 7. The average Bonchev–Trinajstić information content (AvgIpc) is 2.99. The number of aromatic nitrogens is 2. The molecule has 0 unspecified atom stereocenters. The minimum Gasteiger partial charge on any atom is -0.478 e. The van der Waals surface area contributed by atoms with Gasteiger partial charge in [0.1, 0.15) is 5.69 Å². The number of carbonyl (C=O) groups is 2. The fourth-order valence-electron chi connectivity index (χ4n) is 3.50. The van der Waals surface area contributed by atoms with E-state index in [2.05, 4.69) is 58.1 Å². The third kappa shape index (κ3) is 7.05. The first-order chi connectivity index (χ1) is 16.9. The van der Waals surface area contributed by atoms with E-state index in [1.165, 1.54) is 0 Å². The molecule has 4 rings (SSSR count). The zero-order valence-electron chi connectivity index (χ0n) is 19.6. The lowest BCUT2D eigenvalue weighted by Gasteiger charge is -2.26. The first kappa shape index (κ1) is 25.3. The van der Waals surface area contributed by atoms with Crippen molar-refractivity contribution in [3.8, 4) is 0 Å². The van der Waals surface area contributed by atoms with Gasteiger partial charge in [0, 0.05) is 36.7 Å². The highest BCUT2D eigenvalue weighted by Crippen LogP contribution is 2.38. The second-order valence-corrected chi connectivity index (χ2v) is 7.86. The van der Waals surface area contributed by atoms with Crippen molar-refractivity contribution in [1.82, 2.24) is 14.9 Å². The van der Waals surface area contributed by atoms with Crippen LogP contribution >= 0.6 is 0 Å². The summed E-state index contributed by atoms with van der Waals surface area (Å²) in [6.45, 7) is 1.90. The zero-order valence-corrected chi connectivity index (χ0v) is 19.6. The van der Waals surface area contributed by atoms with Gasteiger partial charge in [-0.3, -0.25) is 4.98 Å². The summed E-state index contributed by atoms with van der Waals surface area (Å²) >= 11 is 0. The largest absolute Gasteiger partial charge is 0.478 e. The van der Waals surface area contributed by atoms with Crippen LogP contribution in [-0.2, 0) is 9.59 Å². The van der Waals surface area contributed by atoms with Gasteiger partial charge in [-0.15, -0.1) is 0 Å². The SMILES string of the molecule is CN(C)CCCN1c2ccccc2C(c2ccccn2)=Nc2cccnc21.O=C(O)C=CC(=O)O. The molecule has 2 aromatic heterocycles. The van der Waals surface area contributed by atoms with E-state index in [0.717, 1.165) is 53.7 Å². The maximum atomic E-state index is 9.55. The molecule has 1 aromatic carbocycles. The summed E-state index contributed by atoms with van der Waals surface area (Å²) in [5, 5.41) is 15.6. The van der Waals surface area contributed by atoms with Gasteiger partial charge in [0.05, 0.1) is 17.1 Å². The minimum atomic E-state index is -1.26. The third-order valence-electron chi connectivity index (χ3n) is 4.97. The molecule has 0 spiro atoms. The fraction of sp³-hybridized carbons (Fsp3) is 0.192. The van der Waals surface area contributed by atoms with Crippen molar-refractivity contribution in [3.63, 3.8) is 0 Å². The predicted octanol–water partition coefficient (Wildman–Crippen LogP) is 3.76. The Balaban J connectivity index is 0.000000371. The molecule has 2 N–H and O–H groups in total. The first-order valence-electron chi connectivity index (χ1n) is 11.0. The molecule has 1 aliphatic rings. The highest BCUT2D eigenvalue weighted by atomic mass is 16.4. The van der Waals surface area contributed by atoms with Crippen molar-refractivity contribution in [2.45, 2.75) is 6.42 Å². The number of para-hydroxylation sites is 1. The van der Waals surface area contributed by atoms with Crippen LogP contribution in [0, 0.1) is 0 Å². The number of carboxylic acid groups (broad SMARTS) is 2. The molecule has 1 aliphatic heterocycles.